The van der Waals surface area contributed by atoms with Crippen LogP contribution in [0.5, 0.6) is 0 Å². The molecule has 2 aromatic rings. The smallest absolute Gasteiger partial charge is 0.155 e. The number of morpholine rings is 1. The fourth-order valence-corrected chi connectivity index (χ4v) is 4.23. The molecule has 0 amide bonds. The summed E-state index contributed by atoms with van der Waals surface area (Å²) in [4.78, 5) is 3.88. The van der Waals surface area contributed by atoms with Crippen LogP contribution in [0.2, 0.25) is 0 Å². The topological polar surface area (TPSA) is 57.3 Å². The second-order valence-electron chi connectivity index (χ2n) is 8.19. The molecule has 0 radical (unpaired) electrons. The summed E-state index contributed by atoms with van der Waals surface area (Å²) in [6, 6.07) is 19.7. The summed E-state index contributed by atoms with van der Waals surface area (Å²) in [6.45, 7) is 12.1. The molecule has 3 N–H and O–H groups in total. The van der Waals surface area contributed by atoms with E-state index >= 15 is 0 Å². The van der Waals surface area contributed by atoms with Gasteiger partial charge in [-0.05, 0) is 31.5 Å². The van der Waals surface area contributed by atoms with Gasteiger partial charge in [0.1, 0.15) is 32.7 Å². The predicted octanol–water partition coefficient (Wildman–Crippen LogP) is 1.28. The molecule has 1 saturated heterocycles. The van der Waals surface area contributed by atoms with Crippen LogP contribution in [-0.2, 0) is 17.8 Å². The molecule has 5 nitrogen and oxygen atoms in total. The molecule has 0 saturated carbocycles. The summed E-state index contributed by atoms with van der Waals surface area (Å²) in [5.41, 5.74) is 5.31. The molecule has 1 aliphatic rings. The Morgan fingerprint density at radius 2 is 2.07 bits per heavy atom. The van der Waals surface area contributed by atoms with Gasteiger partial charge >= 0.3 is 0 Å². The first-order valence-electron chi connectivity index (χ1n) is 11.2. The number of benzene rings is 2. The van der Waals surface area contributed by atoms with Gasteiger partial charge in [0, 0.05) is 29.9 Å². The molecule has 0 aromatic heterocycles. The van der Waals surface area contributed by atoms with Crippen molar-refractivity contribution in [2.24, 2.45) is 0 Å². The van der Waals surface area contributed by atoms with Gasteiger partial charge in [-0.3, -0.25) is 0 Å². The number of anilines is 1. The molecule has 0 spiro atoms. The van der Waals surface area contributed by atoms with Crippen LogP contribution in [-0.4, -0.2) is 45.4 Å². The highest BCUT2D eigenvalue weighted by Crippen LogP contribution is 2.19. The lowest BCUT2D eigenvalue weighted by atomic mass is 10.1. The Hall–Kier alpha value is -2.39. The zero-order chi connectivity index (χ0) is 21.2. The van der Waals surface area contributed by atoms with Gasteiger partial charge < -0.3 is 19.9 Å². The van der Waals surface area contributed by atoms with Crippen molar-refractivity contribution in [1.29, 1.82) is 5.26 Å². The molecule has 1 unspecified atom stereocenters. The minimum Gasteiger partial charge on any atom is -0.371 e. The van der Waals surface area contributed by atoms with Crippen LogP contribution >= 0.6 is 0 Å². The lowest BCUT2D eigenvalue weighted by Gasteiger charge is -2.29. The summed E-state index contributed by atoms with van der Waals surface area (Å²) in [5.74, 6) is 0. The average molecular weight is 409 g/mol. The number of aryl methyl sites for hydroxylation is 1. The first-order chi connectivity index (χ1) is 14.7. The van der Waals surface area contributed by atoms with Gasteiger partial charge in [-0.15, -0.1) is 0 Å². The fourth-order valence-electron chi connectivity index (χ4n) is 4.23. The Labute approximate surface area is 181 Å². The first kappa shape index (κ1) is 22.3. The normalized spacial score (nSPS) is 18.7. The molecule has 2 atom stereocenters. The van der Waals surface area contributed by atoms with Crippen LogP contribution in [0.1, 0.15) is 30.0 Å². The molecule has 1 fully saturated rings. The molecule has 160 valence electrons. The maximum atomic E-state index is 8.86. The second kappa shape index (κ2) is 11.7. The van der Waals surface area contributed by atoms with E-state index in [1.807, 2.05) is 0 Å². The number of ether oxygens (including phenoxy) is 1. The van der Waals surface area contributed by atoms with Crippen molar-refractivity contribution >= 4 is 5.69 Å². The van der Waals surface area contributed by atoms with Gasteiger partial charge in [0.05, 0.1) is 19.1 Å². The van der Waals surface area contributed by atoms with Crippen molar-refractivity contribution in [2.45, 2.75) is 39.5 Å². The van der Waals surface area contributed by atoms with Crippen molar-refractivity contribution in [1.82, 2.24) is 0 Å². The Morgan fingerprint density at radius 1 is 1.23 bits per heavy atom. The molecular weight excluding hydrogens is 372 g/mol. The Morgan fingerprint density at radius 3 is 2.80 bits per heavy atom. The van der Waals surface area contributed by atoms with Gasteiger partial charge in [-0.2, -0.15) is 5.26 Å². The summed E-state index contributed by atoms with van der Waals surface area (Å²) < 4.78 is 6.03. The van der Waals surface area contributed by atoms with Crippen LogP contribution in [0.3, 0.4) is 0 Å². The SMILES string of the molecule is CCN(CCC#N)c1ccc(C[NH2+]C[C@H]2C[NH+](Cc3ccccc3)CCO2)c(C)c1. The average Bonchev–Trinajstić information content (AvgIpc) is 2.77. The standard InChI is InChI=1S/C25H34N4O/c1-3-29(13-7-12-26)24-11-10-23(21(2)16-24)17-27-18-25-20-28(14-15-30-25)19-22-8-5-4-6-9-22/h4-6,8-11,16,25,27H,3,7,13-15,17-20H2,1-2H3/p+2/t25-/m0/s1. The molecule has 0 aliphatic carbocycles. The first-order valence-corrected chi connectivity index (χ1v) is 11.2. The molecule has 1 aliphatic heterocycles. The van der Waals surface area contributed by atoms with E-state index in [-0.39, 0.29) is 0 Å². The Kier molecular flexibility index (Phi) is 8.70. The van der Waals surface area contributed by atoms with Gasteiger partial charge in [-0.25, -0.2) is 0 Å². The van der Waals surface area contributed by atoms with E-state index < -0.39 is 0 Å². The van der Waals surface area contributed by atoms with Crippen molar-refractivity contribution in [3.05, 3.63) is 65.2 Å². The van der Waals surface area contributed by atoms with Crippen molar-refractivity contribution < 1.29 is 15.0 Å². The monoisotopic (exact) mass is 408 g/mol. The number of hydrogen-bond acceptors (Lipinski definition) is 3. The third-order valence-electron chi connectivity index (χ3n) is 5.98. The van der Waals surface area contributed by atoms with Crippen LogP contribution in [0.15, 0.2) is 48.5 Å². The number of rotatable bonds is 10. The zero-order valence-corrected chi connectivity index (χ0v) is 18.4. The van der Waals surface area contributed by atoms with Crippen LogP contribution in [0.4, 0.5) is 5.69 Å². The minimum atomic E-state index is 0.318. The summed E-state index contributed by atoms with van der Waals surface area (Å²) in [5, 5.41) is 11.2. The number of hydrogen-bond donors (Lipinski definition) is 2. The Bertz CT molecular complexity index is 818. The van der Waals surface area contributed by atoms with Gasteiger partial charge in [0.25, 0.3) is 0 Å². The van der Waals surface area contributed by atoms with Crippen LogP contribution in [0, 0.1) is 18.3 Å². The van der Waals surface area contributed by atoms with Crippen LogP contribution < -0.4 is 15.1 Å². The third kappa shape index (κ3) is 6.56. The number of nitrogens with two attached hydrogens (primary N) is 1. The summed E-state index contributed by atoms with van der Waals surface area (Å²) >= 11 is 0. The maximum Gasteiger partial charge on any atom is 0.155 e. The van der Waals surface area contributed by atoms with Crippen molar-refractivity contribution in [3.8, 4) is 6.07 Å². The number of nitrogens with one attached hydrogen (secondary N) is 1. The third-order valence-corrected chi connectivity index (χ3v) is 5.98. The molecule has 30 heavy (non-hydrogen) atoms. The maximum absolute atomic E-state index is 8.86. The van der Waals surface area contributed by atoms with E-state index in [1.165, 1.54) is 22.4 Å². The molecule has 5 heteroatoms. The van der Waals surface area contributed by atoms with E-state index in [2.05, 4.69) is 78.7 Å². The lowest BCUT2D eigenvalue weighted by Crippen LogP contribution is -3.14. The summed E-state index contributed by atoms with van der Waals surface area (Å²) in [7, 11) is 0. The molecular formula is C25H36N4O+2. The van der Waals surface area contributed by atoms with Gasteiger partial charge in [-0.1, -0.05) is 36.4 Å². The largest absolute Gasteiger partial charge is 0.371 e. The number of nitriles is 1. The lowest BCUT2D eigenvalue weighted by molar-refractivity contribution is -0.927. The minimum absolute atomic E-state index is 0.318. The van der Waals surface area contributed by atoms with E-state index in [0.717, 1.165) is 52.4 Å². The zero-order valence-electron chi connectivity index (χ0n) is 18.4. The van der Waals surface area contributed by atoms with E-state index in [9.17, 15) is 0 Å². The van der Waals surface area contributed by atoms with Gasteiger partial charge in [0.2, 0.25) is 0 Å². The van der Waals surface area contributed by atoms with E-state index in [1.54, 1.807) is 4.90 Å². The second-order valence-corrected chi connectivity index (χ2v) is 8.19. The van der Waals surface area contributed by atoms with E-state index in [4.69, 9.17) is 10.00 Å². The van der Waals surface area contributed by atoms with Crippen molar-refractivity contribution in [3.63, 3.8) is 0 Å². The fraction of sp³-hybridized carbons (Fsp3) is 0.480. The molecule has 2 aromatic carbocycles. The molecule has 0 bridgehead atoms. The highest BCUT2D eigenvalue weighted by atomic mass is 16.5. The van der Waals surface area contributed by atoms with Crippen molar-refractivity contribution in [2.75, 3.05) is 44.2 Å². The quantitative estimate of drug-likeness (QED) is 0.623. The van der Waals surface area contributed by atoms with E-state index in [0.29, 0.717) is 12.5 Å². The highest BCUT2D eigenvalue weighted by molar-refractivity contribution is 5.50. The number of quaternary nitrogens is 2. The summed E-state index contributed by atoms with van der Waals surface area (Å²) in [6.07, 6.45) is 0.881. The Balaban J connectivity index is 1.47. The number of nitrogens with zero attached hydrogens (tertiary/aromatic N) is 2. The molecule has 3 rings (SSSR count). The highest BCUT2D eigenvalue weighted by Gasteiger charge is 2.25. The predicted molar refractivity (Wildman–Crippen MR) is 120 cm³/mol. The molecule has 1 heterocycles. The van der Waals surface area contributed by atoms with Crippen LogP contribution in [0.25, 0.3) is 0 Å². The van der Waals surface area contributed by atoms with Gasteiger partial charge in [0.15, 0.2) is 6.10 Å².